The van der Waals surface area contributed by atoms with Crippen LogP contribution in [0.5, 0.6) is 0 Å². The van der Waals surface area contributed by atoms with Crippen LogP contribution in [0.25, 0.3) is 0 Å². The van der Waals surface area contributed by atoms with Gasteiger partial charge in [-0.15, -0.1) is 0 Å². The quantitative estimate of drug-likeness (QED) is 0.463. The van der Waals surface area contributed by atoms with Crippen molar-refractivity contribution in [1.82, 2.24) is 0 Å². The summed E-state index contributed by atoms with van der Waals surface area (Å²) in [6.45, 7) is 0. The van der Waals surface area contributed by atoms with Crippen LogP contribution in [-0.4, -0.2) is 22.2 Å². The van der Waals surface area contributed by atoms with E-state index in [9.17, 15) is 0 Å². The SMILES string of the molecule is BrC1(Br)CCCC[Te]1. The molecule has 0 bridgehead atoms. The molecule has 0 atom stereocenters. The van der Waals surface area contributed by atoms with Gasteiger partial charge in [-0.2, -0.15) is 0 Å². The van der Waals surface area contributed by atoms with Crippen LogP contribution < -0.4 is 0 Å². The molecule has 1 fully saturated rings. The van der Waals surface area contributed by atoms with Crippen LogP contribution in [0.3, 0.4) is 0 Å². The summed E-state index contributed by atoms with van der Waals surface area (Å²) in [6, 6.07) is 0. The molecule has 0 aromatic heterocycles. The van der Waals surface area contributed by atoms with Gasteiger partial charge in [0.05, 0.1) is 0 Å². The van der Waals surface area contributed by atoms with Crippen molar-refractivity contribution in [1.29, 1.82) is 0 Å². The fourth-order valence-electron chi connectivity index (χ4n) is 0.727. The minimum atomic E-state index is 0.241. The first-order valence-corrected chi connectivity index (χ1v) is 7.12. The number of hydrogen-bond donors (Lipinski definition) is 0. The summed E-state index contributed by atoms with van der Waals surface area (Å²) >= 11 is 7.57. The molecule has 0 radical (unpaired) electrons. The van der Waals surface area contributed by atoms with Crippen LogP contribution in [-0.2, 0) is 0 Å². The monoisotopic (exact) mass is 356 g/mol. The molecule has 1 aliphatic rings. The van der Waals surface area contributed by atoms with Gasteiger partial charge < -0.3 is 0 Å². The van der Waals surface area contributed by atoms with Gasteiger partial charge in [0.15, 0.2) is 0 Å². The van der Waals surface area contributed by atoms with E-state index in [2.05, 4.69) is 31.9 Å². The molecule has 48 valence electrons. The van der Waals surface area contributed by atoms with Crippen molar-refractivity contribution in [3.8, 4) is 0 Å². The van der Waals surface area contributed by atoms with Crippen LogP contribution in [0.4, 0.5) is 0 Å². The third-order valence-corrected chi connectivity index (χ3v) is 8.23. The van der Waals surface area contributed by atoms with Gasteiger partial charge in [0.1, 0.15) is 0 Å². The van der Waals surface area contributed by atoms with E-state index >= 15 is 0 Å². The van der Waals surface area contributed by atoms with Crippen LogP contribution in [0.1, 0.15) is 19.3 Å². The summed E-state index contributed by atoms with van der Waals surface area (Å²) in [5, 5.41) is 0. The molecule has 3 heteroatoms. The van der Waals surface area contributed by atoms with Gasteiger partial charge in [-0.25, -0.2) is 0 Å². The van der Waals surface area contributed by atoms with E-state index in [1.165, 1.54) is 23.7 Å². The van der Waals surface area contributed by atoms with E-state index in [4.69, 9.17) is 0 Å². The second-order valence-electron chi connectivity index (χ2n) is 1.94. The van der Waals surface area contributed by atoms with Crippen LogP contribution in [0.2, 0.25) is 4.47 Å². The maximum atomic E-state index is 3.67. The predicted octanol–water partition coefficient (Wildman–Crippen LogP) is 2.74. The Bertz CT molecular complexity index is 74.5. The van der Waals surface area contributed by atoms with E-state index in [0.717, 1.165) is 0 Å². The molecule has 1 rings (SSSR count). The average molecular weight is 356 g/mol. The van der Waals surface area contributed by atoms with E-state index in [-0.39, 0.29) is 20.9 Å². The summed E-state index contributed by atoms with van der Waals surface area (Å²) in [4.78, 5) is 0. The van der Waals surface area contributed by atoms with Crippen molar-refractivity contribution in [2.75, 3.05) is 0 Å². The van der Waals surface area contributed by atoms with Gasteiger partial charge in [0, 0.05) is 0 Å². The standard InChI is InChI=1S/C5H8Br2Te/c6-5(7)3-1-2-4-8-5/h1-4H2. The number of rotatable bonds is 0. The molecule has 0 nitrogen and oxygen atoms in total. The molecule has 0 saturated carbocycles. The Morgan fingerprint density at radius 1 is 1.25 bits per heavy atom. The van der Waals surface area contributed by atoms with Crippen molar-refractivity contribution in [3.63, 3.8) is 0 Å². The first-order chi connectivity index (χ1) is 3.71. The molecule has 1 aliphatic heterocycles. The average Bonchev–Trinajstić information content (AvgIpc) is 1.65. The first kappa shape index (κ1) is 7.85. The predicted molar refractivity (Wildman–Crippen MR) is 45.0 cm³/mol. The zero-order valence-electron chi connectivity index (χ0n) is 4.49. The fraction of sp³-hybridized carbons (Fsp3) is 1.00. The van der Waals surface area contributed by atoms with Gasteiger partial charge in [-0.1, -0.05) is 0 Å². The Morgan fingerprint density at radius 3 is 2.25 bits per heavy atom. The van der Waals surface area contributed by atoms with Crippen molar-refractivity contribution in [3.05, 3.63) is 0 Å². The Balaban J connectivity index is 2.33. The first-order valence-electron chi connectivity index (χ1n) is 2.72. The van der Waals surface area contributed by atoms with Crippen LogP contribution in [0, 0.1) is 0 Å². The minimum absolute atomic E-state index is 0.241. The normalized spacial score (nSPS) is 27.8. The molecular formula is C5H8Br2Te. The molecule has 1 heterocycles. The van der Waals surface area contributed by atoms with E-state index in [0.29, 0.717) is 1.28 Å². The Labute approximate surface area is 77.1 Å². The van der Waals surface area contributed by atoms with Crippen molar-refractivity contribution < 1.29 is 0 Å². The van der Waals surface area contributed by atoms with Crippen molar-refractivity contribution in [2.45, 2.75) is 25.0 Å². The van der Waals surface area contributed by atoms with Crippen molar-refractivity contribution in [2.24, 2.45) is 0 Å². The Kier molecular flexibility index (Phi) is 3.17. The Hall–Kier alpha value is 1.75. The molecule has 0 spiro atoms. The summed E-state index contributed by atoms with van der Waals surface area (Å²) in [5.74, 6) is 0. The van der Waals surface area contributed by atoms with E-state index in [1.54, 1.807) is 0 Å². The summed E-state index contributed by atoms with van der Waals surface area (Å²) in [6.07, 6.45) is 4.22. The van der Waals surface area contributed by atoms with Gasteiger partial charge in [-0.05, 0) is 0 Å². The molecule has 1 saturated heterocycles. The van der Waals surface area contributed by atoms with Gasteiger partial charge >= 0.3 is 77.8 Å². The van der Waals surface area contributed by atoms with Crippen molar-refractivity contribution >= 4 is 52.8 Å². The second-order valence-corrected chi connectivity index (χ2v) is 13.0. The molecule has 8 heavy (non-hydrogen) atoms. The van der Waals surface area contributed by atoms with Gasteiger partial charge in [0.2, 0.25) is 0 Å². The molecule has 0 amide bonds. The van der Waals surface area contributed by atoms with E-state index in [1.807, 2.05) is 0 Å². The Morgan fingerprint density at radius 2 is 2.00 bits per heavy atom. The zero-order chi connectivity index (χ0) is 6.04. The number of hydrogen-bond acceptors (Lipinski definition) is 0. The van der Waals surface area contributed by atoms with Crippen LogP contribution >= 0.6 is 31.9 Å². The third-order valence-electron chi connectivity index (χ3n) is 1.18. The molecule has 0 aromatic carbocycles. The molecule has 0 N–H and O–H groups in total. The zero-order valence-corrected chi connectivity index (χ0v) is 9.99. The van der Waals surface area contributed by atoms with Crippen LogP contribution in [0.15, 0.2) is 0 Å². The van der Waals surface area contributed by atoms with E-state index < -0.39 is 0 Å². The molecule has 0 aliphatic carbocycles. The molecule has 0 unspecified atom stereocenters. The second kappa shape index (κ2) is 3.23. The summed E-state index contributed by atoms with van der Waals surface area (Å²) < 4.78 is 1.94. The third kappa shape index (κ3) is 2.56. The number of alkyl halides is 2. The molecule has 0 aromatic rings. The van der Waals surface area contributed by atoms with Gasteiger partial charge in [-0.3, -0.25) is 0 Å². The summed E-state index contributed by atoms with van der Waals surface area (Å²) in [5.41, 5.74) is 0. The molecular weight excluding hydrogens is 347 g/mol. The summed E-state index contributed by atoms with van der Waals surface area (Å²) in [7, 11) is 0. The fourth-order valence-corrected chi connectivity index (χ4v) is 6.13. The number of halogens is 2. The topological polar surface area (TPSA) is 0 Å². The maximum absolute atomic E-state index is 3.67. The van der Waals surface area contributed by atoms with Gasteiger partial charge in [0.25, 0.3) is 0 Å².